The molecule has 0 spiro atoms. The van der Waals surface area contributed by atoms with Crippen molar-refractivity contribution in [2.24, 2.45) is 5.92 Å². The van der Waals surface area contributed by atoms with Gasteiger partial charge in [-0.1, -0.05) is 18.2 Å². The van der Waals surface area contributed by atoms with Crippen molar-refractivity contribution in [3.8, 4) is 0 Å². The van der Waals surface area contributed by atoms with E-state index in [0.717, 1.165) is 6.42 Å². The number of nitrogens with zero attached hydrogens (tertiary/aromatic N) is 1. The molecule has 0 aromatic heterocycles. The van der Waals surface area contributed by atoms with Gasteiger partial charge in [-0.05, 0) is 49.2 Å². The zero-order valence-corrected chi connectivity index (χ0v) is 16.1. The van der Waals surface area contributed by atoms with E-state index in [1.165, 1.54) is 24.3 Å². The third kappa shape index (κ3) is 5.63. The molecule has 3 rings (SSSR count). The van der Waals surface area contributed by atoms with Gasteiger partial charge in [0, 0.05) is 37.3 Å². The fourth-order valence-corrected chi connectivity index (χ4v) is 3.35. The van der Waals surface area contributed by atoms with Gasteiger partial charge in [-0.3, -0.25) is 14.4 Å². The molecule has 1 aliphatic heterocycles. The number of likely N-dealkylation sites (tertiary alicyclic amines) is 1. The van der Waals surface area contributed by atoms with Gasteiger partial charge in [0.25, 0.3) is 11.8 Å². The molecule has 6 nitrogen and oxygen atoms in total. The number of piperidine rings is 1. The normalized spacial score (nSPS) is 16.2. The van der Waals surface area contributed by atoms with Gasteiger partial charge in [0.1, 0.15) is 5.82 Å². The maximum absolute atomic E-state index is 13.1. The minimum absolute atomic E-state index is 0.129. The predicted octanol–water partition coefficient (Wildman–Crippen LogP) is 2.22. The van der Waals surface area contributed by atoms with Gasteiger partial charge in [-0.15, -0.1) is 0 Å². The second-order valence-corrected chi connectivity index (χ2v) is 7.01. The monoisotopic (exact) mass is 397 g/mol. The first-order valence-corrected chi connectivity index (χ1v) is 9.70. The highest BCUT2D eigenvalue weighted by molar-refractivity contribution is 5.95. The summed E-state index contributed by atoms with van der Waals surface area (Å²) < 4.78 is 13.1. The zero-order valence-electron chi connectivity index (χ0n) is 16.1. The Kier molecular flexibility index (Phi) is 6.94. The lowest BCUT2D eigenvalue weighted by molar-refractivity contribution is -0.126. The lowest BCUT2D eigenvalue weighted by Gasteiger charge is -2.32. The molecule has 0 aliphatic carbocycles. The molecule has 7 heteroatoms. The van der Waals surface area contributed by atoms with Gasteiger partial charge in [-0.25, -0.2) is 4.39 Å². The second-order valence-electron chi connectivity index (χ2n) is 7.01. The van der Waals surface area contributed by atoms with Crippen molar-refractivity contribution in [3.63, 3.8) is 0 Å². The Labute approximate surface area is 169 Å². The highest BCUT2D eigenvalue weighted by atomic mass is 19.1. The largest absolute Gasteiger partial charge is 0.354 e. The Bertz CT molecular complexity index is 855. The summed E-state index contributed by atoms with van der Waals surface area (Å²) in [7, 11) is 0. The van der Waals surface area contributed by atoms with Crippen molar-refractivity contribution in [3.05, 3.63) is 71.5 Å². The van der Waals surface area contributed by atoms with E-state index in [1.807, 2.05) is 6.07 Å². The number of hydrogen-bond acceptors (Lipinski definition) is 3. The van der Waals surface area contributed by atoms with E-state index in [1.54, 1.807) is 29.2 Å². The molecule has 1 saturated heterocycles. The first kappa shape index (κ1) is 20.5. The Morgan fingerprint density at radius 1 is 0.931 bits per heavy atom. The average Bonchev–Trinajstić information content (AvgIpc) is 2.77. The fraction of sp³-hybridized carbons (Fsp3) is 0.318. The van der Waals surface area contributed by atoms with Crippen LogP contribution in [0.25, 0.3) is 0 Å². The van der Waals surface area contributed by atoms with Gasteiger partial charge in [0.15, 0.2) is 0 Å². The molecule has 2 N–H and O–H groups in total. The summed E-state index contributed by atoms with van der Waals surface area (Å²) in [5.74, 6) is -1.20. The lowest BCUT2D eigenvalue weighted by Crippen LogP contribution is -2.46. The van der Waals surface area contributed by atoms with Crippen LogP contribution < -0.4 is 10.6 Å². The van der Waals surface area contributed by atoms with E-state index < -0.39 is 5.82 Å². The van der Waals surface area contributed by atoms with Crippen LogP contribution >= 0.6 is 0 Å². The minimum Gasteiger partial charge on any atom is -0.354 e. The van der Waals surface area contributed by atoms with Crippen molar-refractivity contribution < 1.29 is 18.8 Å². The van der Waals surface area contributed by atoms with Gasteiger partial charge < -0.3 is 15.5 Å². The van der Waals surface area contributed by atoms with E-state index in [-0.39, 0.29) is 23.6 Å². The molecule has 29 heavy (non-hydrogen) atoms. The molecule has 0 radical (unpaired) electrons. The van der Waals surface area contributed by atoms with E-state index in [2.05, 4.69) is 10.6 Å². The van der Waals surface area contributed by atoms with Crippen LogP contribution in [-0.2, 0) is 4.79 Å². The summed E-state index contributed by atoms with van der Waals surface area (Å²) in [4.78, 5) is 38.6. The number of benzene rings is 2. The van der Waals surface area contributed by atoms with E-state index in [4.69, 9.17) is 0 Å². The third-order valence-electron chi connectivity index (χ3n) is 4.92. The molecular formula is C22H24FN3O3. The second kappa shape index (κ2) is 9.82. The SMILES string of the molecule is O=C(NCCNC(=O)C1CCCN(C(=O)c2ccc(F)cc2)C1)c1ccccc1. The molecular weight excluding hydrogens is 373 g/mol. The molecule has 152 valence electrons. The van der Waals surface area contributed by atoms with Gasteiger partial charge in [0.05, 0.1) is 5.92 Å². The summed E-state index contributed by atoms with van der Waals surface area (Å²) in [6.07, 6.45) is 1.44. The van der Waals surface area contributed by atoms with Crippen molar-refractivity contribution in [2.75, 3.05) is 26.2 Å². The molecule has 1 heterocycles. The molecule has 1 atom stereocenters. The zero-order chi connectivity index (χ0) is 20.6. The lowest BCUT2D eigenvalue weighted by atomic mass is 9.96. The Morgan fingerprint density at radius 2 is 1.62 bits per heavy atom. The Hall–Kier alpha value is -3.22. The first-order chi connectivity index (χ1) is 14.0. The van der Waals surface area contributed by atoms with E-state index in [0.29, 0.717) is 43.7 Å². The Morgan fingerprint density at radius 3 is 2.34 bits per heavy atom. The predicted molar refractivity (Wildman–Crippen MR) is 107 cm³/mol. The summed E-state index contributed by atoms with van der Waals surface area (Å²) in [5, 5.41) is 5.59. The number of carbonyl (C=O) groups excluding carboxylic acids is 3. The molecule has 2 aromatic rings. The summed E-state index contributed by atoms with van der Waals surface area (Å²) in [6.45, 7) is 1.55. The van der Waals surface area contributed by atoms with Gasteiger partial charge in [0.2, 0.25) is 5.91 Å². The van der Waals surface area contributed by atoms with Crippen LogP contribution in [-0.4, -0.2) is 48.8 Å². The number of rotatable bonds is 6. The van der Waals surface area contributed by atoms with Crippen LogP contribution in [0, 0.1) is 11.7 Å². The maximum atomic E-state index is 13.1. The molecule has 3 amide bonds. The summed E-state index contributed by atoms with van der Waals surface area (Å²) >= 11 is 0. The molecule has 1 aliphatic rings. The van der Waals surface area contributed by atoms with Crippen molar-refractivity contribution in [2.45, 2.75) is 12.8 Å². The van der Waals surface area contributed by atoms with Crippen molar-refractivity contribution >= 4 is 17.7 Å². The van der Waals surface area contributed by atoms with Crippen molar-refractivity contribution in [1.29, 1.82) is 0 Å². The number of nitrogens with one attached hydrogen (secondary N) is 2. The van der Waals surface area contributed by atoms with Crippen LogP contribution in [0.5, 0.6) is 0 Å². The minimum atomic E-state index is -0.392. The fourth-order valence-electron chi connectivity index (χ4n) is 3.35. The average molecular weight is 397 g/mol. The maximum Gasteiger partial charge on any atom is 0.253 e. The van der Waals surface area contributed by atoms with E-state index >= 15 is 0 Å². The van der Waals surface area contributed by atoms with E-state index in [9.17, 15) is 18.8 Å². The molecule has 0 bridgehead atoms. The molecule has 1 unspecified atom stereocenters. The highest BCUT2D eigenvalue weighted by Gasteiger charge is 2.28. The quantitative estimate of drug-likeness (QED) is 0.734. The van der Waals surface area contributed by atoms with Gasteiger partial charge >= 0.3 is 0 Å². The molecule has 1 fully saturated rings. The number of carbonyl (C=O) groups is 3. The third-order valence-corrected chi connectivity index (χ3v) is 4.92. The number of amides is 3. The van der Waals surface area contributed by atoms with Gasteiger partial charge in [-0.2, -0.15) is 0 Å². The molecule has 2 aromatic carbocycles. The summed E-state index contributed by atoms with van der Waals surface area (Å²) in [6, 6.07) is 14.3. The number of hydrogen-bond donors (Lipinski definition) is 2. The highest BCUT2D eigenvalue weighted by Crippen LogP contribution is 2.19. The standard InChI is InChI=1S/C22H24FN3O3/c23-19-10-8-17(9-11-19)22(29)26-14-4-7-18(15-26)21(28)25-13-12-24-20(27)16-5-2-1-3-6-16/h1-3,5-6,8-11,18H,4,7,12-15H2,(H,24,27)(H,25,28). The first-order valence-electron chi connectivity index (χ1n) is 9.70. The van der Waals surface area contributed by atoms with Crippen LogP contribution in [0.15, 0.2) is 54.6 Å². The molecule has 0 saturated carbocycles. The Balaban J connectivity index is 1.44. The van der Waals surface area contributed by atoms with Crippen LogP contribution in [0.2, 0.25) is 0 Å². The topological polar surface area (TPSA) is 78.5 Å². The van der Waals surface area contributed by atoms with Crippen LogP contribution in [0.3, 0.4) is 0 Å². The smallest absolute Gasteiger partial charge is 0.253 e. The van der Waals surface area contributed by atoms with Crippen LogP contribution in [0.1, 0.15) is 33.6 Å². The van der Waals surface area contributed by atoms with Crippen molar-refractivity contribution in [1.82, 2.24) is 15.5 Å². The van der Waals surface area contributed by atoms with Crippen LogP contribution in [0.4, 0.5) is 4.39 Å². The summed E-state index contributed by atoms with van der Waals surface area (Å²) in [5.41, 5.74) is 0.983. The number of halogens is 1.